The summed E-state index contributed by atoms with van der Waals surface area (Å²) in [5.74, 6) is 1.67. The highest BCUT2D eigenvalue weighted by molar-refractivity contribution is 6.30. The summed E-state index contributed by atoms with van der Waals surface area (Å²) >= 11 is 6.14. The van der Waals surface area contributed by atoms with Crippen LogP contribution in [0.25, 0.3) is 0 Å². The van der Waals surface area contributed by atoms with Crippen molar-refractivity contribution >= 4 is 11.6 Å². The topological polar surface area (TPSA) is 9.23 Å². The monoisotopic (exact) mass is 226 g/mol. The summed E-state index contributed by atoms with van der Waals surface area (Å²) in [7, 11) is 0. The van der Waals surface area contributed by atoms with Gasteiger partial charge in [-0.1, -0.05) is 38.4 Å². The van der Waals surface area contributed by atoms with Crippen LogP contribution in [0.4, 0.5) is 0 Å². The normalized spacial score (nSPS) is 21.7. The van der Waals surface area contributed by atoms with E-state index < -0.39 is 0 Å². The van der Waals surface area contributed by atoms with Gasteiger partial charge in [-0.3, -0.25) is 0 Å². The molecule has 15 heavy (non-hydrogen) atoms. The molecule has 84 valence electrons. The zero-order chi connectivity index (χ0) is 11.4. The molecule has 0 unspecified atom stereocenters. The van der Waals surface area contributed by atoms with Gasteiger partial charge in [0.1, 0.15) is 5.76 Å². The van der Waals surface area contributed by atoms with Gasteiger partial charge >= 0.3 is 0 Å². The molecule has 1 aliphatic carbocycles. The summed E-state index contributed by atoms with van der Waals surface area (Å²) in [6.45, 7) is 9.15. The number of ether oxygens (including phenoxy) is 1. The SMILES string of the molecule is CC1=CC=C(Cl)[C@@H](C)C(OCC(C)C)=C1. The van der Waals surface area contributed by atoms with Gasteiger partial charge in [-0.05, 0) is 30.6 Å². The fourth-order valence-corrected chi connectivity index (χ4v) is 1.49. The van der Waals surface area contributed by atoms with Crippen molar-refractivity contribution in [3.8, 4) is 0 Å². The molecule has 0 saturated carbocycles. The highest BCUT2D eigenvalue weighted by Gasteiger charge is 2.16. The quantitative estimate of drug-likeness (QED) is 0.699. The van der Waals surface area contributed by atoms with E-state index in [0.717, 1.165) is 17.4 Å². The molecule has 1 aliphatic rings. The lowest BCUT2D eigenvalue weighted by atomic mass is 10.1. The second-order valence-corrected chi connectivity index (χ2v) is 4.87. The minimum Gasteiger partial charge on any atom is -0.497 e. The van der Waals surface area contributed by atoms with Gasteiger partial charge in [0, 0.05) is 11.0 Å². The second kappa shape index (κ2) is 5.41. The average Bonchev–Trinajstić information content (AvgIpc) is 2.29. The maximum Gasteiger partial charge on any atom is 0.104 e. The van der Waals surface area contributed by atoms with Crippen molar-refractivity contribution in [2.24, 2.45) is 11.8 Å². The number of allylic oxidation sites excluding steroid dienone is 5. The van der Waals surface area contributed by atoms with Gasteiger partial charge in [0.05, 0.1) is 6.61 Å². The summed E-state index contributed by atoms with van der Waals surface area (Å²) in [6.07, 6.45) is 6.04. The zero-order valence-corrected chi connectivity index (χ0v) is 10.6. The average molecular weight is 227 g/mol. The molecule has 0 N–H and O–H groups in total. The minimum atomic E-state index is 0.166. The lowest BCUT2D eigenvalue weighted by Crippen LogP contribution is -2.08. The van der Waals surface area contributed by atoms with Crippen LogP contribution < -0.4 is 0 Å². The van der Waals surface area contributed by atoms with E-state index in [2.05, 4.69) is 33.8 Å². The molecule has 2 heteroatoms. The van der Waals surface area contributed by atoms with Gasteiger partial charge < -0.3 is 4.74 Å². The molecule has 0 bridgehead atoms. The second-order valence-electron chi connectivity index (χ2n) is 4.44. The van der Waals surface area contributed by atoms with E-state index in [4.69, 9.17) is 16.3 Å². The summed E-state index contributed by atoms with van der Waals surface area (Å²) in [5, 5.41) is 0.835. The molecule has 0 fully saturated rings. The summed E-state index contributed by atoms with van der Waals surface area (Å²) in [6, 6.07) is 0. The van der Waals surface area contributed by atoms with E-state index in [-0.39, 0.29) is 5.92 Å². The van der Waals surface area contributed by atoms with Gasteiger partial charge in [-0.2, -0.15) is 0 Å². The van der Waals surface area contributed by atoms with Crippen LogP contribution >= 0.6 is 11.6 Å². The van der Waals surface area contributed by atoms with E-state index in [1.165, 1.54) is 5.57 Å². The minimum absolute atomic E-state index is 0.166. The smallest absolute Gasteiger partial charge is 0.104 e. The summed E-state index contributed by atoms with van der Waals surface area (Å²) < 4.78 is 5.77. The molecular formula is C13H19ClO. The van der Waals surface area contributed by atoms with Crippen LogP contribution in [0, 0.1) is 11.8 Å². The Hall–Kier alpha value is -0.690. The van der Waals surface area contributed by atoms with E-state index in [1.54, 1.807) is 0 Å². The summed E-state index contributed by atoms with van der Waals surface area (Å²) in [5.41, 5.74) is 1.18. The van der Waals surface area contributed by atoms with Crippen molar-refractivity contribution in [1.82, 2.24) is 0 Å². The van der Waals surface area contributed by atoms with Crippen molar-refractivity contribution in [2.45, 2.75) is 27.7 Å². The van der Waals surface area contributed by atoms with Crippen molar-refractivity contribution in [3.05, 3.63) is 34.6 Å². The van der Waals surface area contributed by atoms with Crippen LogP contribution in [0.2, 0.25) is 0 Å². The predicted octanol–water partition coefficient (Wildman–Crippen LogP) is 4.26. The van der Waals surface area contributed by atoms with Crippen molar-refractivity contribution in [1.29, 1.82) is 0 Å². The molecule has 0 aliphatic heterocycles. The fourth-order valence-electron chi connectivity index (χ4n) is 1.32. The Morgan fingerprint density at radius 2 is 2.07 bits per heavy atom. The van der Waals surface area contributed by atoms with Crippen LogP contribution in [0.5, 0.6) is 0 Å². The molecule has 1 nitrogen and oxygen atoms in total. The van der Waals surface area contributed by atoms with Crippen molar-refractivity contribution in [2.75, 3.05) is 6.61 Å². The van der Waals surface area contributed by atoms with Crippen molar-refractivity contribution in [3.63, 3.8) is 0 Å². The highest BCUT2D eigenvalue weighted by Crippen LogP contribution is 2.28. The first-order valence-corrected chi connectivity index (χ1v) is 5.77. The van der Waals surface area contributed by atoms with E-state index in [9.17, 15) is 0 Å². The Morgan fingerprint density at radius 1 is 1.40 bits per heavy atom. The molecule has 0 radical (unpaired) electrons. The lowest BCUT2D eigenvalue weighted by Gasteiger charge is -2.17. The molecular weight excluding hydrogens is 208 g/mol. The van der Waals surface area contributed by atoms with E-state index in [0.29, 0.717) is 5.92 Å². The fraction of sp³-hybridized carbons (Fsp3) is 0.538. The van der Waals surface area contributed by atoms with E-state index >= 15 is 0 Å². The number of rotatable bonds is 3. The first-order valence-electron chi connectivity index (χ1n) is 5.39. The first kappa shape index (κ1) is 12.4. The van der Waals surface area contributed by atoms with Crippen LogP contribution in [0.3, 0.4) is 0 Å². The molecule has 0 aromatic heterocycles. The first-order chi connectivity index (χ1) is 7.00. The Balaban J connectivity index is 2.77. The number of halogens is 1. The Bertz CT molecular complexity index is 310. The van der Waals surface area contributed by atoms with Gasteiger partial charge in [0.25, 0.3) is 0 Å². The molecule has 0 aromatic carbocycles. The third-order valence-corrected chi connectivity index (χ3v) is 2.75. The molecule has 0 amide bonds. The third kappa shape index (κ3) is 3.75. The Labute approximate surface area is 97.5 Å². The van der Waals surface area contributed by atoms with Gasteiger partial charge in [0.2, 0.25) is 0 Å². The molecule has 0 aromatic rings. The lowest BCUT2D eigenvalue weighted by molar-refractivity contribution is 0.161. The Kier molecular flexibility index (Phi) is 4.46. The van der Waals surface area contributed by atoms with Gasteiger partial charge in [0.15, 0.2) is 0 Å². The van der Waals surface area contributed by atoms with Gasteiger partial charge in [-0.25, -0.2) is 0 Å². The number of hydrogen-bond acceptors (Lipinski definition) is 1. The Morgan fingerprint density at radius 3 is 2.67 bits per heavy atom. The largest absolute Gasteiger partial charge is 0.497 e. The number of hydrogen-bond donors (Lipinski definition) is 0. The summed E-state index contributed by atoms with van der Waals surface area (Å²) in [4.78, 5) is 0. The maximum atomic E-state index is 6.14. The van der Waals surface area contributed by atoms with Crippen molar-refractivity contribution < 1.29 is 4.74 Å². The van der Waals surface area contributed by atoms with Crippen LogP contribution in [-0.4, -0.2) is 6.61 Å². The maximum absolute atomic E-state index is 6.14. The molecule has 1 atom stereocenters. The standard InChI is InChI=1S/C13H19ClO/c1-9(2)8-15-13-7-10(3)5-6-12(14)11(13)4/h5-7,9,11H,8H2,1-4H3/t11-/m1/s1. The van der Waals surface area contributed by atoms with Crippen LogP contribution in [0.15, 0.2) is 34.6 Å². The molecule has 0 saturated heterocycles. The highest BCUT2D eigenvalue weighted by atomic mass is 35.5. The van der Waals surface area contributed by atoms with Crippen LogP contribution in [0.1, 0.15) is 27.7 Å². The third-order valence-electron chi connectivity index (χ3n) is 2.30. The zero-order valence-electron chi connectivity index (χ0n) is 9.88. The molecule has 0 spiro atoms. The molecule has 1 rings (SSSR count). The van der Waals surface area contributed by atoms with Gasteiger partial charge in [-0.15, -0.1) is 0 Å². The van der Waals surface area contributed by atoms with E-state index in [1.807, 2.05) is 12.2 Å². The van der Waals surface area contributed by atoms with Crippen LogP contribution in [-0.2, 0) is 4.74 Å². The molecule has 0 heterocycles. The predicted molar refractivity (Wildman–Crippen MR) is 65.7 cm³/mol.